The Morgan fingerprint density at radius 3 is 2.41 bits per heavy atom. The van der Waals surface area contributed by atoms with Crippen molar-refractivity contribution in [3.63, 3.8) is 0 Å². The molecule has 160 valence electrons. The van der Waals surface area contributed by atoms with E-state index in [0.717, 1.165) is 31.9 Å². The van der Waals surface area contributed by atoms with E-state index in [1.165, 1.54) is 35.6 Å². The maximum atomic E-state index is 12.5. The fraction of sp³-hybridized carbons (Fsp3) is 0.0833. The molecule has 1 aromatic heterocycles. The standard InChI is InChI=1S/C24H18N2O5S/c1-14-11-16(12-15(2)23(14)27)3-10-22-25-20-9-4-17(13-21(20)32-22)24(28)31-19-7-5-18(6-8-19)26(29)30/h3-13,27H,1-2H3/b10-3+. The van der Waals surface area contributed by atoms with E-state index >= 15 is 0 Å². The molecule has 3 aromatic carbocycles. The van der Waals surface area contributed by atoms with Gasteiger partial charge in [0, 0.05) is 12.1 Å². The number of fused-ring (bicyclic) bond motifs is 1. The van der Waals surface area contributed by atoms with Crippen LogP contribution in [-0.4, -0.2) is 21.0 Å². The summed E-state index contributed by atoms with van der Waals surface area (Å²) in [4.78, 5) is 27.3. The van der Waals surface area contributed by atoms with E-state index in [9.17, 15) is 20.0 Å². The van der Waals surface area contributed by atoms with Gasteiger partial charge in [-0.2, -0.15) is 0 Å². The molecule has 0 fully saturated rings. The molecule has 0 aliphatic rings. The van der Waals surface area contributed by atoms with Crippen molar-refractivity contribution in [2.75, 3.05) is 0 Å². The topological polar surface area (TPSA) is 103 Å². The van der Waals surface area contributed by atoms with Crippen LogP contribution in [0, 0.1) is 24.0 Å². The van der Waals surface area contributed by atoms with Gasteiger partial charge >= 0.3 is 5.97 Å². The quantitative estimate of drug-likeness (QED) is 0.177. The molecule has 0 saturated carbocycles. The Kier molecular flexibility index (Phi) is 5.70. The molecule has 32 heavy (non-hydrogen) atoms. The number of nitro groups is 1. The third-order valence-electron chi connectivity index (χ3n) is 4.83. The number of non-ortho nitro benzene ring substituents is 1. The number of rotatable bonds is 5. The number of carbonyl (C=O) groups excluding carboxylic acids is 1. The fourth-order valence-electron chi connectivity index (χ4n) is 3.20. The van der Waals surface area contributed by atoms with Crippen molar-refractivity contribution in [2.24, 2.45) is 0 Å². The number of aryl methyl sites for hydroxylation is 2. The summed E-state index contributed by atoms with van der Waals surface area (Å²) >= 11 is 1.44. The average Bonchev–Trinajstić information content (AvgIpc) is 3.18. The molecule has 0 atom stereocenters. The first-order valence-electron chi connectivity index (χ1n) is 9.65. The minimum atomic E-state index is -0.554. The van der Waals surface area contributed by atoms with Gasteiger partial charge in [-0.15, -0.1) is 11.3 Å². The third kappa shape index (κ3) is 4.50. The Morgan fingerprint density at radius 1 is 1.06 bits per heavy atom. The van der Waals surface area contributed by atoms with Gasteiger partial charge in [-0.05, 0) is 79.1 Å². The van der Waals surface area contributed by atoms with E-state index < -0.39 is 10.9 Å². The van der Waals surface area contributed by atoms with Crippen molar-refractivity contribution >= 4 is 45.4 Å². The largest absolute Gasteiger partial charge is 0.507 e. The summed E-state index contributed by atoms with van der Waals surface area (Å²) < 4.78 is 6.15. The van der Waals surface area contributed by atoms with Gasteiger partial charge < -0.3 is 9.84 Å². The van der Waals surface area contributed by atoms with E-state index in [4.69, 9.17) is 4.74 Å². The van der Waals surface area contributed by atoms with Crippen LogP contribution in [0.1, 0.15) is 32.1 Å². The van der Waals surface area contributed by atoms with Gasteiger partial charge in [0.05, 0.1) is 20.7 Å². The highest BCUT2D eigenvalue weighted by molar-refractivity contribution is 7.19. The first kappa shape index (κ1) is 21.2. The number of thiazole rings is 1. The summed E-state index contributed by atoms with van der Waals surface area (Å²) in [6.45, 7) is 3.71. The second kappa shape index (κ2) is 8.60. The molecular weight excluding hydrogens is 428 g/mol. The number of esters is 1. The van der Waals surface area contributed by atoms with Crippen LogP contribution in [0.4, 0.5) is 5.69 Å². The molecular formula is C24H18N2O5S. The highest BCUT2D eigenvalue weighted by Gasteiger charge is 2.13. The Labute approximate surface area is 187 Å². The van der Waals surface area contributed by atoms with Crippen LogP contribution in [0.25, 0.3) is 22.4 Å². The molecule has 7 nitrogen and oxygen atoms in total. The van der Waals surface area contributed by atoms with Crippen molar-refractivity contribution in [3.8, 4) is 11.5 Å². The number of nitrogens with zero attached hydrogens (tertiary/aromatic N) is 2. The fourth-order valence-corrected chi connectivity index (χ4v) is 4.11. The molecule has 1 heterocycles. The lowest BCUT2D eigenvalue weighted by molar-refractivity contribution is -0.384. The minimum Gasteiger partial charge on any atom is -0.507 e. The summed E-state index contributed by atoms with van der Waals surface area (Å²) in [5.41, 5.74) is 3.63. The van der Waals surface area contributed by atoms with Crippen molar-refractivity contribution in [1.29, 1.82) is 0 Å². The van der Waals surface area contributed by atoms with Crippen LogP contribution in [0.3, 0.4) is 0 Å². The van der Waals surface area contributed by atoms with Crippen molar-refractivity contribution in [3.05, 3.63) is 92.0 Å². The van der Waals surface area contributed by atoms with Gasteiger partial charge in [-0.25, -0.2) is 9.78 Å². The zero-order valence-corrected chi connectivity index (χ0v) is 18.1. The predicted molar refractivity (Wildman–Crippen MR) is 124 cm³/mol. The van der Waals surface area contributed by atoms with E-state index in [1.54, 1.807) is 18.2 Å². The summed E-state index contributed by atoms with van der Waals surface area (Å²) in [5, 5.41) is 21.4. The van der Waals surface area contributed by atoms with Crippen LogP contribution in [0.15, 0.2) is 54.6 Å². The lowest BCUT2D eigenvalue weighted by Crippen LogP contribution is -2.08. The molecule has 1 N–H and O–H groups in total. The second-order valence-electron chi connectivity index (χ2n) is 7.21. The highest BCUT2D eigenvalue weighted by atomic mass is 32.1. The summed E-state index contributed by atoms with van der Waals surface area (Å²) in [7, 11) is 0. The van der Waals surface area contributed by atoms with Crippen LogP contribution in [0.2, 0.25) is 0 Å². The number of carbonyl (C=O) groups is 1. The maximum Gasteiger partial charge on any atom is 0.343 e. The number of phenolic OH excluding ortho intramolecular Hbond substituents is 1. The monoisotopic (exact) mass is 446 g/mol. The summed E-state index contributed by atoms with van der Waals surface area (Å²) in [6, 6.07) is 14.2. The van der Waals surface area contributed by atoms with Crippen LogP contribution in [-0.2, 0) is 0 Å². The molecule has 0 radical (unpaired) electrons. The Hall–Kier alpha value is -4.04. The number of phenols is 1. The molecule has 0 bridgehead atoms. The van der Waals surface area contributed by atoms with E-state index in [-0.39, 0.29) is 11.4 Å². The van der Waals surface area contributed by atoms with Crippen molar-refractivity contribution in [1.82, 2.24) is 4.98 Å². The van der Waals surface area contributed by atoms with Gasteiger partial charge in [0.1, 0.15) is 16.5 Å². The molecule has 0 aliphatic carbocycles. The normalized spacial score (nSPS) is 11.2. The van der Waals surface area contributed by atoms with Crippen LogP contribution >= 0.6 is 11.3 Å². The molecule has 0 amide bonds. The van der Waals surface area contributed by atoms with E-state index in [1.807, 2.05) is 38.1 Å². The van der Waals surface area contributed by atoms with Crippen LogP contribution < -0.4 is 4.74 Å². The Balaban J connectivity index is 1.52. The number of benzene rings is 3. The SMILES string of the molecule is Cc1cc(/C=C/c2nc3ccc(C(=O)Oc4ccc([N+](=O)[O-])cc4)cc3s2)cc(C)c1O. The van der Waals surface area contributed by atoms with E-state index in [0.29, 0.717) is 11.3 Å². The molecule has 4 rings (SSSR count). The lowest BCUT2D eigenvalue weighted by atomic mass is 10.1. The molecule has 0 aliphatic heterocycles. The minimum absolute atomic E-state index is 0.0749. The smallest absolute Gasteiger partial charge is 0.343 e. The van der Waals surface area contributed by atoms with Gasteiger partial charge in [-0.3, -0.25) is 10.1 Å². The summed E-state index contributed by atoms with van der Waals surface area (Å²) in [5.74, 6) is -0.0234. The zero-order chi connectivity index (χ0) is 22.8. The number of aromatic nitrogens is 1. The third-order valence-corrected chi connectivity index (χ3v) is 5.81. The average molecular weight is 446 g/mol. The molecule has 0 saturated heterocycles. The highest BCUT2D eigenvalue weighted by Crippen LogP contribution is 2.27. The molecule has 4 aromatic rings. The second-order valence-corrected chi connectivity index (χ2v) is 8.27. The van der Waals surface area contributed by atoms with Gasteiger partial charge in [-0.1, -0.05) is 6.08 Å². The molecule has 0 unspecified atom stereocenters. The van der Waals surface area contributed by atoms with Gasteiger partial charge in [0.25, 0.3) is 5.69 Å². The first-order valence-corrected chi connectivity index (χ1v) is 10.5. The summed E-state index contributed by atoms with van der Waals surface area (Å²) in [6.07, 6.45) is 3.83. The first-order chi connectivity index (χ1) is 15.3. The zero-order valence-electron chi connectivity index (χ0n) is 17.2. The number of hydrogen-bond acceptors (Lipinski definition) is 7. The van der Waals surface area contributed by atoms with Crippen molar-refractivity contribution in [2.45, 2.75) is 13.8 Å². The lowest BCUT2D eigenvalue weighted by Gasteiger charge is -2.04. The number of hydrogen-bond donors (Lipinski definition) is 1. The van der Waals surface area contributed by atoms with Crippen molar-refractivity contribution < 1.29 is 19.6 Å². The Bertz CT molecular complexity index is 1350. The van der Waals surface area contributed by atoms with E-state index in [2.05, 4.69) is 4.98 Å². The predicted octanol–water partition coefficient (Wildman–Crippen LogP) is 5.92. The van der Waals surface area contributed by atoms with Gasteiger partial charge in [0.2, 0.25) is 0 Å². The number of nitro benzene ring substituents is 1. The van der Waals surface area contributed by atoms with Gasteiger partial charge in [0.15, 0.2) is 0 Å². The Morgan fingerprint density at radius 2 is 1.75 bits per heavy atom. The number of ether oxygens (including phenoxy) is 1. The molecule has 0 spiro atoms. The number of aromatic hydroxyl groups is 1. The maximum absolute atomic E-state index is 12.5. The molecule has 8 heteroatoms. The van der Waals surface area contributed by atoms with Crippen LogP contribution in [0.5, 0.6) is 11.5 Å².